The number of amides is 1. The lowest BCUT2D eigenvalue weighted by molar-refractivity contribution is -0.142. The van der Waals surface area contributed by atoms with Crippen LogP contribution in [0.5, 0.6) is 17.2 Å². The monoisotopic (exact) mass is 616 g/mol. The number of rotatable bonds is 14. The standard InChI is InChI=1S/C35H40N2O8/c1-41-32-10-5-3-8-25(32)18-34(38)45-23-30-29(19-27-20-36-21-31(30)37(27)35(39)40)24-12-14-28(15-13-24)44-17-7-16-43-22-26-9-4-6-11-33(26)42-2/h3-6,8-15,27,31,36H,7,16-23H2,1-2H3,(H,39,40)/t27-,31-/m1/s1. The van der Waals surface area contributed by atoms with Crippen LogP contribution in [0.2, 0.25) is 0 Å². The second-order valence-electron chi connectivity index (χ2n) is 11.0. The van der Waals surface area contributed by atoms with Crippen molar-refractivity contribution in [3.05, 3.63) is 95.1 Å². The van der Waals surface area contributed by atoms with E-state index >= 15 is 0 Å². The fourth-order valence-electron chi connectivity index (χ4n) is 5.96. The van der Waals surface area contributed by atoms with Gasteiger partial charge >= 0.3 is 12.1 Å². The molecule has 1 amide bonds. The van der Waals surface area contributed by atoms with E-state index in [4.69, 9.17) is 23.7 Å². The first-order valence-electron chi connectivity index (χ1n) is 15.1. The lowest BCUT2D eigenvalue weighted by Gasteiger charge is -2.46. The van der Waals surface area contributed by atoms with Gasteiger partial charge in [-0.15, -0.1) is 0 Å². The summed E-state index contributed by atoms with van der Waals surface area (Å²) in [5, 5.41) is 13.4. The zero-order valence-electron chi connectivity index (χ0n) is 25.7. The van der Waals surface area contributed by atoms with Gasteiger partial charge in [-0.3, -0.25) is 9.69 Å². The number of para-hydroxylation sites is 2. The molecule has 0 aromatic heterocycles. The molecule has 3 aromatic rings. The predicted octanol–water partition coefficient (Wildman–Crippen LogP) is 4.95. The number of piperazine rings is 1. The smallest absolute Gasteiger partial charge is 0.408 e. The number of benzene rings is 3. The molecule has 10 nitrogen and oxygen atoms in total. The molecule has 2 atom stereocenters. The Morgan fingerprint density at radius 1 is 0.867 bits per heavy atom. The highest BCUT2D eigenvalue weighted by Crippen LogP contribution is 2.37. The Hall–Kier alpha value is -4.54. The van der Waals surface area contributed by atoms with Gasteiger partial charge < -0.3 is 34.1 Å². The van der Waals surface area contributed by atoms with Crippen molar-refractivity contribution in [2.45, 2.75) is 38.0 Å². The molecule has 1 saturated heterocycles. The van der Waals surface area contributed by atoms with Crippen LogP contribution in [0.1, 0.15) is 29.5 Å². The summed E-state index contributed by atoms with van der Waals surface area (Å²) in [4.78, 5) is 26.6. The first kappa shape index (κ1) is 31.9. The van der Waals surface area contributed by atoms with Crippen molar-refractivity contribution in [2.75, 3.05) is 47.1 Å². The molecule has 2 aliphatic heterocycles. The number of fused-ring (bicyclic) bond motifs is 2. The van der Waals surface area contributed by atoms with Crippen LogP contribution in [0.3, 0.4) is 0 Å². The van der Waals surface area contributed by atoms with Crippen molar-refractivity contribution in [3.8, 4) is 17.2 Å². The number of methoxy groups -OCH3 is 2. The van der Waals surface area contributed by atoms with Crippen LogP contribution in [0.25, 0.3) is 5.57 Å². The maximum absolute atomic E-state index is 12.9. The fraction of sp³-hybridized carbons (Fsp3) is 0.371. The highest BCUT2D eigenvalue weighted by molar-refractivity contribution is 5.78. The molecular formula is C35H40N2O8. The Labute approximate surface area is 263 Å². The summed E-state index contributed by atoms with van der Waals surface area (Å²) in [5.74, 6) is 1.76. The highest BCUT2D eigenvalue weighted by Gasteiger charge is 2.42. The minimum atomic E-state index is -0.973. The fourth-order valence-corrected chi connectivity index (χ4v) is 5.96. The third-order valence-corrected chi connectivity index (χ3v) is 8.17. The molecular weight excluding hydrogens is 576 g/mol. The second-order valence-corrected chi connectivity index (χ2v) is 11.0. The summed E-state index contributed by atoms with van der Waals surface area (Å²) in [5.41, 5.74) is 4.49. The average molecular weight is 617 g/mol. The van der Waals surface area contributed by atoms with Crippen molar-refractivity contribution in [1.29, 1.82) is 0 Å². The Balaban J connectivity index is 1.22. The first-order chi connectivity index (χ1) is 22.0. The van der Waals surface area contributed by atoms with E-state index in [1.54, 1.807) is 20.3 Å². The van der Waals surface area contributed by atoms with Gasteiger partial charge in [0.1, 0.15) is 23.9 Å². The number of hydrogen-bond donors (Lipinski definition) is 2. The Bertz CT molecular complexity index is 1490. The van der Waals surface area contributed by atoms with Gasteiger partial charge in [0.05, 0.1) is 52.5 Å². The summed E-state index contributed by atoms with van der Waals surface area (Å²) in [7, 11) is 3.21. The van der Waals surface area contributed by atoms with E-state index in [0.29, 0.717) is 45.1 Å². The summed E-state index contributed by atoms with van der Waals surface area (Å²) >= 11 is 0. The van der Waals surface area contributed by atoms with Gasteiger partial charge in [0, 0.05) is 30.6 Å². The van der Waals surface area contributed by atoms with E-state index in [-0.39, 0.29) is 19.1 Å². The third kappa shape index (κ3) is 7.95. The molecule has 0 unspecified atom stereocenters. The molecule has 5 rings (SSSR count). The number of carbonyl (C=O) groups excluding carboxylic acids is 1. The molecule has 2 heterocycles. The van der Waals surface area contributed by atoms with E-state index in [2.05, 4.69) is 5.32 Å². The Morgan fingerprint density at radius 2 is 1.56 bits per heavy atom. The molecule has 45 heavy (non-hydrogen) atoms. The molecule has 0 radical (unpaired) electrons. The van der Waals surface area contributed by atoms with E-state index in [1.165, 1.54) is 4.90 Å². The lowest BCUT2D eigenvalue weighted by atomic mass is 9.83. The largest absolute Gasteiger partial charge is 0.496 e. The van der Waals surface area contributed by atoms with Gasteiger partial charge in [0.2, 0.25) is 0 Å². The number of hydrogen-bond acceptors (Lipinski definition) is 8. The molecule has 2 aliphatic rings. The quantitative estimate of drug-likeness (QED) is 0.192. The van der Waals surface area contributed by atoms with Gasteiger partial charge in [0.25, 0.3) is 0 Å². The van der Waals surface area contributed by atoms with Crippen LogP contribution >= 0.6 is 0 Å². The summed E-state index contributed by atoms with van der Waals surface area (Å²) in [6.07, 6.45) is 0.324. The zero-order chi connectivity index (χ0) is 31.6. The first-order valence-corrected chi connectivity index (χ1v) is 15.1. The maximum atomic E-state index is 12.9. The van der Waals surface area contributed by atoms with Crippen molar-refractivity contribution >= 4 is 17.6 Å². The number of nitrogens with zero attached hydrogens (tertiary/aromatic N) is 1. The molecule has 0 saturated carbocycles. The van der Waals surface area contributed by atoms with Gasteiger partial charge in [-0.25, -0.2) is 4.79 Å². The van der Waals surface area contributed by atoms with Crippen LogP contribution in [0, 0.1) is 0 Å². The van der Waals surface area contributed by atoms with Crippen LogP contribution < -0.4 is 19.5 Å². The molecule has 10 heteroatoms. The van der Waals surface area contributed by atoms with E-state index in [9.17, 15) is 14.7 Å². The minimum absolute atomic E-state index is 0.000725. The lowest BCUT2D eigenvalue weighted by Crippen LogP contribution is -2.62. The number of carboxylic acid groups (broad SMARTS) is 1. The van der Waals surface area contributed by atoms with E-state index < -0.39 is 18.1 Å². The van der Waals surface area contributed by atoms with Crippen molar-refractivity contribution in [1.82, 2.24) is 10.2 Å². The van der Waals surface area contributed by atoms with Gasteiger partial charge in [-0.2, -0.15) is 0 Å². The number of nitrogens with one attached hydrogen (secondary N) is 1. The Kier molecular flexibility index (Phi) is 10.9. The van der Waals surface area contributed by atoms with Gasteiger partial charge in [0.15, 0.2) is 0 Å². The number of esters is 1. The molecule has 0 spiro atoms. The van der Waals surface area contributed by atoms with Crippen LogP contribution in [0.4, 0.5) is 4.79 Å². The van der Waals surface area contributed by atoms with Crippen LogP contribution in [-0.4, -0.2) is 81.3 Å². The average Bonchev–Trinajstić information content (AvgIpc) is 3.06. The number of ether oxygens (including phenoxy) is 5. The van der Waals surface area contributed by atoms with Crippen molar-refractivity contribution < 1.29 is 38.4 Å². The maximum Gasteiger partial charge on any atom is 0.408 e. The Morgan fingerprint density at radius 3 is 2.27 bits per heavy atom. The molecule has 2 N–H and O–H groups in total. The summed E-state index contributed by atoms with van der Waals surface area (Å²) in [6, 6.07) is 22.3. The van der Waals surface area contributed by atoms with E-state index in [0.717, 1.165) is 45.8 Å². The number of carbonyl (C=O) groups is 2. The van der Waals surface area contributed by atoms with Gasteiger partial charge in [-0.1, -0.05) is 48.5 Å². The minimum Gasteiger partial charge on any atom is -0.496 e. The van der Waals surface area contributed by atoms with E-state index in [1.807, 2.05) is 66.7 Å². The molecule has 238 valence electrons. The molecule has 3 aromatic carbocycles. The summed E-state index contributed by atoms with van der Waals surface area (Å²) in [6.45, 7) is 2.55. The van der Waals surface area contributed by atoms with Gasteiger partial charge in [-0.05, 0) is 47.4 Å². The van der Waals surface area contributed by atoms with Crippen LogP contribution in [0.15, 0.2) is 78.4 Å². The van der Waals surface area contributed by atoms with Crippen molar-refractivity contribution in [3.63, 3.8) is 0 Å². The topological polar surface area (TPSA) is 116 Å². The summed E-state index contributed by atoms with van der Waals surface area (Å²) < 4.78 is 28.2. The van der Waals surface area contributed by atoms with Crippen molar-refractivity contribution in [2.24, 2.45) is 0 Å². The molecule has 1 fully saturated rings. The zero-order valence-corrected chi connectivity index (χ0v) is 25.7. The molecule has 0 aliphatic carbocycles. The molecule has 2 bridgehead atoms. The highest BCUT2D eigenvalue weighted by atomic mass is 16.5. The third-order valence-electron chi connectivity index (χ3n) is 8.17. The normalized spacial score (nSPS) is 17.5. The van der Waals surface area contributed by atoms with Crippen LogP contribution in [-0.2, 0) is 27.3 Å². The SMILES string of the molecule is COc1ccccc1COCCCOc1ccc(C2=C(COC(=O)Cc3ccccc3OC)[C@H]3CNC[C@@H](C2)N3C(=O)O)cc1. The predicted molar refractivity (Wildman–Crippen MR) is 169 cm³/mol. The second kappa shape index (κ2) is 15.5.